The molecule has 1 amide bonds. The first-order valence-corrected chi connectivity index (χ1v) is 12.1. The topological polar surface area (TPSA) is 106 Å². The summed E-state index contributed by atoms with van der Waals surface area (Å²) >= 11 is 0. The minimum atomic E-state index is -0.214. The second-order valence-electron chi connectivity index (χ2n) is 9.63. The van der Waals surface area contributed by atoms with E-state index in [1.54, 1.807) is 12.3 Å². The Kier molecular flexibility index (Phi) is 5.32. The van der Waals surface area contributed by atoms with Crippen LogP contribution in [0.4, 0.5) is 0 Å². The summed E-state index contributed by atoms with van der Waals surface area (Å²) in [6, 6.07) is 7.53. The quantitative estimate of drug-likeness (QED) is 0.518. The molecule has 3 aromatic rings. The van der Waals surface area contributed by atoms with Crippen LogP contribution in [-0.4, -0.2) is 78.6 Å². The molecule has 1 spiro atoms. The number of fused-ring (bicyclic) bond motifs is 1. The van der Waals surface area contributed by atoms with Gasteiger partial charge in [0.2, 0.25) is 0 Å². The second kappa shape index (κ2) is 8.53. The van der Waals surface area contributed by atoms with Gasteiger partial charge in [-0.15, -0.1) is 5.10 Å². The van der Waals surface area contributed by atoms with Gasteiger partial charge in [0, 0.05) is 37.3 Å². The zero-order valence-corrected chi connectivity index (χ0v) is 19.7. The molecule has 3 aliphatic rings. The molecule has 180 valence electrons. The number of tetrazole rings is 1. The van der Waals surface area contributed by atoms with Crippen molar-refractivity contribution in [2.45, 2.75) is 44.8 Å². The van der Waals surface area contributed by atoms with Gasteiger partial charge in [0.1, 0.15) is 18.6 Å². The van der Waals surface area contributed by atoms with Crippen molar-refractivity contribution < 1.29 is 14.3 Å². The third kappa shape index (κ3) is 3.78. The number of hydrogen-bond donors (Lipinski definition) is 0. The lowest BCUT2D eigenvalue weighted by Gasteiger charge is -2.56. The first-order chi connectivity index (χ1) is 17.0. The van der Waals surface area contributed by atoms with E-state index < -0.39 is 0 Å². The number of rotatable bonds is 5. The highest BCUT2D eigenvalue weighted by Crippen LogP contribution is 2.40. The van der Waals surface area contributed by atoms with E-state index in [-0.39, 0.29) is 17.4 Å². The molecule has 6 rings (SSSR count). The van der Waals surface area contributed by atoms with Gasteiger partial charge in [-0.05, 0) is 72.4 Å². The largest absolute Gasteiger partial charge is 0.457 e. The van der Waals surface area contributed by atoms with Crippen LogP contribution in [0, 0.1) is 6.92 Å². The van der Waals surface area contributed by atoms with Crippen LogP contribution in [0.1, 0.15) is 56.8 Å². The van der Waals surface area contributed by atoms with Crippen molar-refractivity contribution >= 4 is 11.9 Å². The summed E-state index contributed by atoms with van der Waals surface area (Å²) in [5.41, 5.74) is 5.32. The van der Waals surface area contributed by atoms with Crippen LogP contribution in [0.25, 0.3) is 5.69 Å². The monoisotopic (exact) mass is 473 g/mol. The van der Waals surface area contributed by atoms with Crippen molar-refractivity contribution in [1.82, 2.24) is 35.0 Å². The summed E-state index contributed by atoms with van der Waals surface area (Å²) in [5, 5.41) is 11.1. The Labute approximate surface area is 202 Å². The predicted octanol–water partition coefficient (Wildman–Crippen LogP) is 1.96. The smallest absolute Gasteiger partial charge is 0.338 e. The summed E-state index contributed by atoms with van der Waals surface area (Å²) < 4.78 is 6.70. The summed E-state index contributed by atoms with van der Waals surface area (Å²) in [6.45, 7) is 6.17. The number of benzene rings is 1. The van der Waals surface area contributed by atoms with Crippen molar-refractivity contribution in [3.63, 3.8) is 0 Å². The molecule has 1 aromatic carbocycles. The highest BCUT2D eigenvalue weighted by atomic mass is 16.5. The number of nitrogens with zero attached hydrogens (tertiary/aromatic N) is 7. The average Bonchev–Trinajstić information content (AvgIpc) is 3.54. The number of esters is 1. The molecule has 3 aliphatic heterocycles. The van der Waals surface area contributed by atoms with Gasteiger partial charge in [0.05, 0.1) is 17.4 Å². The van der Waals surface area contributed by atoms with Crippen LogP contribution in [0.15, 0.2) is 36.8 Å². The lowest BCUT2D eigenvalue weighted by atomic mass is 9.76. The normalized spacial score (nSPS) is 18.9. The van der Waals surface area contributed by atoms with Crippen LogP contribution >= 0.6 is 0 Å². The fourth-order valence-corrected chi connectivity index (χ4v) is 5.58. The summed E-state index contributed by atoms with van der Waals surface area (Å²) in [6.07, 6.45) is 7.08. The zero-order valence-electron chi connectivity index (χ0n) is 19.7. The Balaban J connectivity index is 1.05. The molecule has 0 atom stereocenters. The lowest BCUT2D eigenvalue weighted by Crippen LogP contribution is -2.65. The zero-order chi connectivity index (χ0) is 24.0. The molecule has 5 heterocycles. The molecular formula is C25H27N7O3. The molecule has 2 saturated heterocycles. The number of cyclic esters (lactones) is 1. The molecule has 0 bridgehead atoms. The standard InChI is InChI=1S/C25H27N7O3/c1-17-18(2-4-20-21(17)15-35-24(20)34)6-10-30-11-7-25(8-12-30)9-13-31(25)23(33)22-5-3-19(14-26-22)32-16-27-28-29-32/h2-5,14,16H,6-13,15H2,1H3. The molecule has 0 radical (unpaired) electrons. The van der Waals surface area contributed by atoms with Crippen LogP contribution < -0.4 is 0 Å². The molecular weight excluding hydrogens is 446 g/mol. The van der Waals surface area contributed by atoms with E-state index in [0.29, 0.717) is 17.9 Å². The number of likely N-dealkylation sites (tertiary alicyclic amines) is 2. The summed E-state index contributed by atoms with van der Waals surface area (Å²) in [5.74, 6) is -0.215. The lowest BCUT2D eigenvalue weighted by molar-refractivity contribution is -0.0387. The van der Waals surface area contributed by atoms with E-state index in [9.17, 15) is 9.59 Å². The Morgan fingerprint density at radius 2 is 1.94 bits per heavy atom. The minimum absolute atomic E-state index is 0.00139. The van der Waals surface area contributed by atoms with E-state index in [2.05, 4.69) is 38.4 Å². The second-order valence-corrected chi connectivity index (χ2v) is 9.63. The van der Waals surface area contributed by atoms with Crippen molar-refractivity contribution in [3.8, 4) is 5.69 Å². The van der Waals surface area contributed by atoms with Gasteiger partial charge < -0.3 is 14.5 Å². The number of carbonyl (C=O) groups excluding carboxylic acids is 2. The van der Waals surface area contributed by atoms with Gasteiger partial charge in [0.15, 0.2) is 0 Å². The van der Waals surface area contributed by atoms with E-state index in [0.717, 1.165) is 63.1 Å². The van der Waals surface area contributed by atoms with Gasteiger partial charge in [-0.25, -0.2) is 9.78 Å². The summed E-state index contributed by atoms with van der Waals surface area (Å²) in [7, 11) is 0. The highest BCUT2D eigenvalue weighted by Gasteiger charge is 2.49. The number of pyridine rings is 1. The first-order valence-electron chi connectivity index (χ1n) is 12.1. The molecule has 0 aliphatic carbocycles. The Morgan fingerprint density at radius 1 is 1.11 bits per heavy atom. The van der Waals surface area contributed by atoms with Crippen molar-refractivity contribution in [3.05, 3.63) is 64.7 Å². The molecule has 2 aromatic heterocycles. The molecule has 10 heteroatoms. The Morgan fingerprint density at radius 3 is 2.63 bits per heavy atom. The molecule has 0 unspecified atom stereocenters. The van der Waals surface area contributed by atoms with Gasteiger partial charge in [-0.1, -0.05) is 6.07 Å². The van der Waals surface area contributed by atoms with Crippen molar-refractivity contribution in [2.75, 3.05) is 26.2 Å². The number of carbonyl (C=O) groups is 2. The SMILES string of the molecule is Cc1c(CCN2CCC3(CC2)CCN3C(=O)c2ccc(-n3cnnn3)cn2)ccc2c1COC2=O. The fraction of sp³-hybridized carbons (Fsp3) is 0.440. The Bertz CT molecular complexity index is 1260. The molecule has 10 nitrogen and oxygen atoms in total. The molecule has 2 fully saturated rings. The van der Waals surface area contributed by atoms with Crippen LogP contribution in [0.2, 0.25) is 0 Å². The fourth-order valence-electron chi connectivity index (χ4n) is 5.58. The van der Waals surface area contributed by atoms with Crippen LogP contribution in [-0.2, 0) is 17.8 Å². The minimum Gasteiger partial charge on any atom is -0.457 e. The van der Waals surface area contributed by atoms with Crippen molar-refractivity contribution in [2.24, 2.45) is 0 Å². The number of aromatic nitrogens is 5. The molecule has 0 saturated carbocycles. The predicted molar refractivity (Wildman–Crippen MR) is 125 cm³/mol. The van der Waals surface area contributed by atoms with E-state index in [1.165, 1.54) is 22.1 Å². The van der Waals surface area contributed by atoms with Gasteiger partial charge in [-0.3, -0.25) is 4.79 Å². The number of amides is 1. The number of hydrogen-bond acceptors (Lipinski definition) is 8. The first kappa shape index (κ1) is 21.8. The number of piperidine rings is 1. The third-order valence-corrected chi connectivity index (χ3v) is 7.96. The third-order valence-electron chi connectivity index (χ3n) is 7.96. The van der Waals surface area contributed by atoms with Crippen LogP contribution in [0.5, 0.6) is 0 Å². The van der Waals surface area contributed by atoms with Gasteiger partial charge in [0.25, 0.3) is 5.91 Å². The summed E-state index contributed by atoms with van der Waals surface area (Å²) in [4.78, 5) is 33.9. The van der Waals surface area contributed by atoms with E-state index in [4.69, 9.17) is 4.74 Å². The average molecular weight is 474 g/mol. The van der Waals surface area contributed by atoms with Gasteiger partial charge in [-0.2, -0.15) is 4.68 Å². The maximum absolute atomic E-state index is 13.2. The Hall–Kier alpha value is -3.66. The van der Waals surface area contributed by atoms with Gasteiger partial charge >= 0.3 is 5.97 Å². The van der Waals surface area contributed by atoms with Crippen LogP contribution in [0.3, 0.4) is 0 Å². The maximum Gasteiger partial charge on any atom is 0.338 e. The molecule has 35 heavy (non-hydrogen) atoms. The number of ether oxygens (including phenoxy) is 1. The van der Waals surface area contributed by atoms with E-state index in [1.807, 2.05) is 17.0 Å². The van der Waals surface area contributed by atoms with Crippen molar-refractivity contribution in [1.29, 1.82) is 0 Å². The van der Waals surface area contributed by atoms with E-state index >= 15 is 0 Å². The highest BCUT2D eigenvalue weighted by molar-refractivity contribution is 5.94. The maximum atomic E-state index is 13.2. The molecule has 0 N–H and O–H groups in total.